The van der Waals surface area contributed by atoms with Crippen LogP contribution >= 0.6 is 0 Å². The van der Waals surface area contributed by atoms with E-state index >= 15 is 0 Å². The van der Waals surface area contributed by atoms with E-state index in [4.69, 9.17) is 0 Å². The number of hydrogen-bond donors (Lipinski definition) is 3. The van der Waals surface area contributed by atoms with E-state index in [1.807, 2.05) is 13.8 Å². The molecular weight excluding hydrogens is 428 g/mol. The van der Waals surface area contributed by atoms with E-state index in [2.05, 4.69) is 0 Å². The van der Waals surface area contributed by atoms with Gasteiger partial charge in [-0.05, 0) is 68.1 Å². The molecule has 0 radical (unpaired) electrons. The van der Waals surface area contributed by atoms with Crippen molar-refractivity contribution in [1.82, 2.24) is 0 Å². The van der Waals surface area contributed by atoms with Gasteiger partial charge in [-0.2, -0.15) is 0 Å². The zero-order valence-corrected chi connectivity index (χ0v) is 19.4. The molecule has 1 saturated carbocycles. The van der Waals surface area contributed by atoms with Crippen LogP contribution in [0.1, 0.15) is 82.8 Å². The van der Waals surface area contributed by atoms with Crippen molar-refractivity contribution in [3.8, 4) is 5.75 Å². The van der Waals surface area contributed by atoms with Crippen LogP contribution in [-0.2, 0) is 20.8 Å². The summed E-state index contributed by atoms with van der Waals surface area (Å²) in [6, 6.07) is 1.65. The van der Waals surface area contributed by atoms with Gasteiger partial charge in [-0.3, -0.25) is 19.2 Å². The quantitative estimate of drug-likeness (QED) is 0.413. The van der Waals surface area contributed by atoms with Crippen LogP contribution in [0.5, 0.6) is 5.75 Å². The first kappa shape index (κ1) is 26.4. The summed E-state index contributed by atoms with van der Waals surface area (Å²) >= 11 is 0. The van der Waals surface area contributed by atoms with E-state index in [0.717, 1.165) is 5.56 Å². The predicted octanol–water partition coefficient (Wildman–Crippen LogP) is 2.96. The maximum atomic E-state index is 13.5. The Morgan fingerprint density at radius 3 is 2.33 bits per heavy atom. The number of fused-ring (bicyclic) bond motifs is 2. The molecule has 2 aliphatic carbocycles. The summed E-state index contributed by atoms with van der Waals surface area (Å²) in [5.74, 6) is -4.49. The highest BCUT2D eigenvalue weighted by molar-refractivity contribution is 6.17. The van der Waals surface area contributed by atoms with Crippen LogP contribution in [0.25, 0.3) is 5.76 Å². The minimum Gasteiger partial charge on any atom is -0.507 e. The van der Waals surface area contributed by atoms with Crippen molar-refractivity contribution in [1.29, 1.82) is 0 Å². The normalized spacial score (nSPS) is 21.9. The highest BCUT2D eigenvalue weighted by Gasteiger charge is 2.47. The standard InChI is InChI=1S/C25H30O7.H2O.2H2/c1-11(2)16-10-17(13(4)28)23(30)22-18(16)9-15-8-14(5-6-26)20(19(29)7-12(3)27)24(31)21(15)25(22)32;;;/h10-11,14-15,20,26,30,32H,5-9H2,1-4H3;1H2;2*1H. The van der Waals surface area contributed by atoms with Gasteiger partial charge in [0.15, 0.2) is 17.3 Å². The fraction of sp³-hybridized carbons (Fsp3) is 0.520. The van der Waals surface area contributed by atoms with Crippen LogP contribution < -0.4 is 0 Å². The second-order valence-corrected chi connectivity index (χ2v) is 9.28. The number of ketones is 4. The summed E-state index contributed by atoms with van der Waals surface area (Å²) < 4.78 is 0. The number of carbonyl (C=O) groups excluding carboxylic acids is 4. The van der Waals surface area contributed by atoms with Crippen LogP contribution in [0, 0.1) is 17.8 Å². The van der Waals surface area contributed by atoms with Gasteiger partial charge in [-0.15, -0.1) is 0 Å². The zero-order chi connectivity index (χ0) is 23.9. The van der Waals surface area contributed by atoms with E-state index in [0.29, 0.717) is 18.4 Å². The summed E-state index contributed by atoms with van der Waals surface area (Å²) in [6.45, 7) is 6.30. The molecule has 3 unspecified atom stereocenters. The lowest BCUT2D eigenvalue weighted by Crippen LogP contribution is -2.43. The van der Waals surface area contributed by atoms with Crippen LogP contribution in [-0.4, -0.2) is 50.5 Å². The van der Waals surface area contributed by atoms with Gasteiger partial charge in [0.25, 0.3) is 0 Å². The third-order valence-corrected chi connectivity index (χ3v) is 6.67. The van der Waals surface area contributed by atoms with Crippen molar-refractivity contribution in [2.24, 2.45) is 17.8 Å². The molecule has 33 heavy (non-hydrogen) atoms. The second-order valence-electron chi connectivity index (χ2n) is 9.28. The molecule has 0 aromatic heterocycles. The molecule has 3 rings (SSSR count). The van der Waals surface area contributed by atoms with Crippen molar-refractivity contribution in [2.75, 3.05) is 6.61 Å². The Morgan fingerprint density at radius 2 is 1.82 bits per heavy atom. The first-order chi connectivity index (χ1) is 15.0. The first-order valence-corrected chi connectivity index (χ1v) is 11.0. The highest BCUT2D eigenvalue weighted by Crippen LogP contribution is 2.49. The van der Waals surface area contributed by atoms with Gasteiger partial charge in [-0.25, -0.2) is 0 Å². The van der Waals surface area contributed by atoms with E-state index in [9.17, 15) is 34.5 Å². The molecule has 3 atom stereocenters. The van der Waals surface area contributed by atoms with Gasteiger partial charge in [-0.1, -0.05) is 13.8 Å². The molecule has 1 aromatic carbocycles. The maximum absolute atomic E-state index is 13.5. The number of benzene rings is 1. The Bertz CT molecular complexity index is 1040. The number of aromatic hydroxyl groups is 1. The first-order valence-electron chi connectivity index (χ1n) is 11.0. The third-order valence-electron chi connectivity index (χ3n) is 6.67. The van der Waals surface area contributed by atoms with Crippen LogP contribution in [0.15, 0.2) is 11.6 Å². The molecule has 0 aliphatic heterocycles. The Balaban J connectivity index is 0.00000385. The summed E-state index contributed by atoms with van der Waals surface area (Å²) in [6.07, 6.45) is 0.620. The molecule has 184 valence electrons. The number of aliphatic hydroxyl groups excluding tert-OH is 2. The lowest BCUT2D eigenvalue weighted by molar-refractivity contribution is -0.137. The average molecular weight is 465 g/mol. The monoisotopic (exact) mass is 464 g/mol. The molecular formula is C25H36O8. The lowest BCUT2D eigenvalue weighted by Gasteiger charge is -2.39. The minimum absolute atomic E-state index is 0. The Labute approximate surface area is 195 Å². The van der Waals surface area contributed by atoms with Gasteiger partial charge in [0.2, 0.25) is 0 Å². The number of phenols is 1. The van der Waals surface area contributed by atoms with Crippen molar-refractivity contribution >= 4 is 28.9 Å². The molecule has 8 nitrogen and oxygen atoms in total. The molecule has 1 fully saturated rings. The van der Waals surface area contributed by atoms with Crippen LogP contribution in [0.2, 0.25) is 0 Å². The summed E-state index contributed by atoms with van der Waals surface area (Å²) in [7, 11) is 0. The van der Waals surface area contributed by atoms with Crippen LogP contribution in [0.4, 0.5) is 0 Å². The Hall–Kier alpha value is -2.84. The van der Waals surface area contributed by atoms with Crippen molar-refractivity contribution in [3.05, 3.63) is 33.9 Å². The number of Topliss-reactive ketones (excluding diaryl/α,β-unsaturated/α-hetero) is 4. The van der Waals surface area contributed by atoms with Crippen molar-refractivity contribution < 1.29 is 42.8 Å². The maximum Gasteiger partial charge on any atom is 0.173 e. The lowest BCUT2D eigenvalue weighted by atomic mass is 9.63. The molecule has 0 spiro atoms. The number of hydrogen-bond acceptors (Lipinski definition) is 7. The number of rotatable bonds is 7. The fourth-order valence-corrected chi connectivity index (χ4v) is 5.28. The van der Waals surface area contributed by atoms with Gasteiger partial charge >= 0.3 is 0 Å². The Kier molecular flexibility index (Phi) is 7.98. The zero-order valence-electron chi connectivity index (χ0n) is 19.4. The SMILES string of the molecule is CC(=O)CC(=O)C1C(=O)C2=C(O)c3c(O)c(C(C)=O)cc(C(C)C)c3CC2CC1CCO.O.[HH].[HH]. The van der Waals surface area contributed by atoms with E-state index in [1.165, 1.54) is 13.8 Å². The van der Waals surface area contributed by atoms with Gasteiger partial charge in [0, 0.05) is 15.0 Å². The van der Waals surface area contributed by atoms with Crippen molar-refractivity contribution in [2.45, 2.75) is 59.3 Å². The number of carbonyl (C=O) groups is 4. The highest BCUT2D eigenvalue weighted by atomic mass is 16.3. The molecule has 8 heteroatoms. The van der Waals surface area contributed by atoms with Gasteiger partial charge in [0.05, 0.1) is 23.5 Å². The smallest absolute Gasteiger partial charge is 0.173 e. The minimum atomic E-state index is -1.12. The average Bonchev–Trinajstić information content (AvgIpc) is 2.66. The van der Waals surface area contributed by atoms with Gasteiger partial charge < -0.3 is 20.8 Å². The molecule has 0 heterocycles. The summed E-state index contributed by atoms with van der Waals surface area (Å²) in [5, 5.41) is 31.5. The molecule has 0 amide bonds. The topological polar surface area (TPSA) is 160 Å². The van der Waals surface area contributed by atoms with E-state index in [1.54, 1.807) is 6.07 Å². The summed E-state index contributed by atoms with van der Waals surface area (Å²) in [4.78, 5) is 49.9. The predicted molar refractivity (Wildman–Crippen MR) is 125 cm³/mol. The molecule has 5 N–H and O–H groups in total. The van der Waals surface area contributed by atoms with Gasteiger partial charge in [0.1, 0.15) is 17.3 Å². The molecule has 0 saturated heterocycles. The third kappa shape index (κ3) is 4.63. The van der Waals surface area contributed by atoms with Crippen molar-refractivity contribution in [3.63, 3.8) is 0 Å². The molecule has 1 aromatic rings. The number of phenolic OH excluding ortho intramolecular Hbond substituents is 1. The van der Waals surface area contributed by atoms with E-state index < -0.39 is 29.2 Å². The number of aliphatic hydroxyl groups is 2. The fourth-order valence-electron chi connectivity index (χ4n) is 5.28. The summed E-state index contributed by atoms with van der Waals surface area (Å²) in [5.41, 5.74) is 1.73. The Morgan fingerprint density at radius 1 is 1.18 bits per heavy atom. The second kappa shape index (κ2) is 9.97. The molecule has 0 bridgehead atoms. The largest absolute Gasteiger partial charge is 0.507 e. The van der Waals surface area contributed by atoms with Crippen LogP contribution in [0.3, 0.4) is 0 Å². The number of allylic oxidation sites excluding steroid dienone is 1. The van der Waals surface area contributed by atoms with E-state index in [-0.39, 0.29) is 73.6 Å². The molecule has 2 aliphatic rings.